The van der Waals surface area contributed by atoms with Crippen molar-refractivity contribution >= 4 is 0 Å². The molecule has 0 amide bonds. The van der Waals surface area contributed by atoms with Crippen LogP contribution in [-0.2, 0) is 19.4 Å². The maximum Gasteiger partial charge on any atom is 0.0624 e. The van der Waals surface area contributed by atoms with E-state index in [-0.39, 0.29) is 0 Å². The third-order valence-electron chi connectivity index (χ3n) is 2.98. The average Bonchev–Trinajstić information content (AvgIpc) is 2.80. The van der Waals surface area contributed by atoms with E-state index >= 15 is 0 Å². The molecule has 3 heteroatoms. The van der Waals surface area contributed by atoms with Crippen molar-refractivity contribution in [2.75, 3.05) is 13.1 Å². The third kappa shape index (κ3) is 5.05. The summed E-state index contributed by atoms with van der Waals surface area (Å²) in [6.45, 7) is 9.66. The van der Waals surface area contributed by atoms with E-state index in [1.807, 2.05) is 0 Å². The number of allylic oxidation sites excluding steroid dienone is 1. The minimum absolute atomic E-state index is 0.960. The minimum Gasteiger partial charge on any atom is -0.316 e. The van der Waals surface area contributed by atoms with Crippen LogP contribution in [0.3, 0.4) is 0 Å². The number of nitrogens with one attached hydrogen (secondary N) is 1. The Hall–Kier alpha value is -1.09. The summed E-state index contributed by atoms with van der Waals surface area (Å²) in [6, 6.07) is 2.23. The summed E-state index contributed by atoms with van der Waals surface area (Å²) >= 11 is 0. The van der Waals surface area contributed by atoms with Crippen molar-refractivity contribution in [3.05, 3.63) is 29.6 Å². The number of aryl methyl sites for hydroxylation is 2. The molecule has 3 nitrogen and oxygen atoms in total. The van der Waals surface area contributed by atoms with Gasteiger partial charge in [-0.3, -0.25) is 4.68 Å². The van der Waals surface area contributed by atoms with Crippen molar-refractivity contribution in [2.24, 2.45) is 0 Å². The highest BCUT2D eigenvalue weighted by Gasteiger charge is 2.03. The van der Waals surface area contributed by atoms with Gasteiger partial charge in [-0.2, -0.15) is 5.10 Å². The topological polar surface area (TPSA) is 29.9 Å². The highest BCUT2D eigenvalue weighted by atomic mass is 15.3. The van der Waals surface area contributed by atoms with Crippen LogP contribution in [0, 0.1) is 0 Å². The van der Waals surface area contributed by atoms with E-state index in [1.54, 1.807) is 0 Å². The Morgan fingerprint density at radius 2 is 2.06 bits per heavy atom. The van der Waals surface area contributed by atoms with Crippen molar-refractivity contribution in [3.63, 3.8) is 0 Å². The van der Waals surface area contributed by atoms with Gasteiger partial charge < -0.3 is 5.32 Å². The van der Waals surface area contributed by atoms with Crippen LogP contribution in [0.2, 0.25) is 0 Å². The lowest BCUT2D eigenvalue weighted by atomic mass is 10.2. The Bertz CT molecular complexity index is 353. The van der Waals surface area contributed by atoms with Gasteiger partial charge in [0.05, 0.1) is 5.69 Å². The molecule has 0 aromatic carbocycles. The summed E-state index contributed by atoms with van der Waals surface area (Å²) in [5.74, 6) is 0. The summed E-state index contributed by atoms with van der Waals surface area (Å²) in [6.07, 6.45) is 8.86. The fourth-order valence-corrected chi connectivity index (χ4v) is 1.93. The predicted octanol–water partition coefficient (Wildman–Crippen LogP) is 2.95. The van der Waals surface area contributed by atoms with Crippen LogP contribution in [0.5, 0.6) is 0 Å². The predicted molar refractivity (Wildman–Crippen MR) is 77.9 cm³/mol. The lowest BCUT2D eigenvalue weighted by Gasteiger charge is -2.01. The van der Waals surface area contributed by atoms with Crippen LogP contribution in [0.25, 0.3) is 0 Å². The molecular formula is C15H27N3. The summed E-state index contributed by atoms with van der Waals surface area (Å²) in [7, 11) is 0. The van der Waals surface area contributed by atoms with Gasteiger partial charge in [0.1, 0.15) is 0 Å². The van der Waals surface area contributed by atoms with E-state index in [1.165, 1.54) is 17.8 Å². The van der Waals surface area contributed by atoms with Crippen LogP contribution >= 0.6 is 0 Å². The van der Waals surface area contributed by atoms with Gasteiger partial charge in [0, 0.05) is 18.7 Å². The van der Waals surface area contributed by atoms with Crippen molar-refractivity contribution in [1.82, 2.24) is 15.1 Å². The molecule has 0 aliphatic heterocycles. The van der Waals surface area contributed by atoms with Gasteiger partial charge in [-0.05, 0) is 45.3 Å². The Morgan fingerprint density at radius 1 is 1.22 bits per heavy atom. The molecule has 0 spiro atoms. The monoisotopic (exact) mass is 249 g/mol. The molecule has 18 heavy (non-hydrogen) atoms. The Labute approximate surface area is 111 Å². The van der Waals surface area contributed by atoms with E-state index < -0.39 is 0 Å². The van der Waals surface area contributed by atoms with E-state index in [2.05, 4.69) is 54.1 Å². The zero-order chi connectivity index (χ0) is 13.2. The quantitative estimate of drug-likeness (QED) is 0.538. The van der Waals surface area contributed by atoms with E-state index in [4.69, 9.17) is 0 Å². The van der Waals surface area contributed by atoms with Crippen LogP contribution in [0.4, 0.5) is 0 Å². The molecule has 0 saturated heterocycles. The van der Waals surface area contributed by atoms with E-state index in [0.717, 1.165) is 38.9 Å². The fourth-order valence-electron chi connectivity index (χ4n) is 1.93. The second-order valence-electron chi connectivity index (χ2n) is 4.51. The Morgan fingerprint density at radius 3 is 2.72 bits per heavy atom. The summed E-state index contributed by atoms with van der Waals surface area (Å²) in [4.78, 5) is 0. The van der Waals surface area contributed by atoms with Crippen molar-refractivity contribution in [1.29, 1.82) is 0 Å². The smallest absolute Gasteiger partial charge is 0.0624 e. The molecule has 1 N–H and O–H groups in total. The highest BCUT2D eigenvalue weighted by molar-refractivity contribution is 5.13. The molecule has 0 saturated carbocycles. The van der Waals surface area contributed by atoms with Gasteiger partial charge in [-0.1, -0.05) is 26.0 Å². The van der Waals surface area contributed by atoms with Gasteiger partial charge in [-0.15, -0.1) is 0 Å². The van der Waals surface area contributed by atoms with E-state index in [0.29, 0.717) is 0 Å². The SMILES string of the molecule is CCCNCCC=CCc1cc(CC)nn1CC. The second-order valence-corrected chi connectivity index (χ2v) is 4.51. The summed E-state index contributed by atoms with van der Waals surface area (Å²) < 4.78 is 2.11. The van der Waals surface area contributed by atoms with E-state index in [9.17, 15) is 0 Å². The molecule has 1 rings (SSSR count). The molecule has 0 unspecified atom stereocenters. The molecule has 1 aromatic heterocycles. The first kappa shape index (κ1) is 15.0. The largest absolute Gasteiger partial charge is 0.316 e. The van der Waals surface area contributed by atoms with Crippen molar-refractivity contribution < 1.29 is 0 Å². The zero-order valence-corrected chi connectivity index (χ0v) is 12.1. The first-order valence-electron chi connectivity index (χ1n) is 7.23. The molecule has 0 atom stereocenters. The normalized spacial score (nSPS) is 11.5. The highest BCUT2D eigenvalue weighted by Crippen LogP contribution is 2.07. The van der Waals surface area contributed by atoms with Crippen LogP contribution in [0.1, 0.15) is 45.0 Å². The molecule has 0 radical (unpaired) electrons. The molecular weight excluding hydrogens is 222 g/mol. The van der Waals surface area contributed by atoms with Gasteiger partial charge in [-0.25, -0.2) is 0 Å². The number of rotatable bonds is 9. The molecule has 1 heterocycles. The van der Waals surface area contributed by atoms with Crippen LogP contribution < -0.4 is 5.32 Å². The molecule has 0 fully saturated rings. The van der Waals surface area contributed by atoms with Crippen LogP contribution in [-0.4, -0.2) is 22.9 Å². The lowest BCUT2D eigenvalue weighted by molar-refractivity contribution is 0.622. The minimum atomic E-state index is 0.960. The van der Waals surface area contributed by atoms with Crippen LogP contribution in [0.15, 0.2) is 18.2 Å². The van der Waals surface area contributed by atoms with Crippen molar-refractivity contribution in [2.45, 2.75) is 53.0 Å². The fraction of sp³-hybridized carbons (Fsp3) is 0.667. The van der Waals surface area contributed by atoms with Crippen molar-refractivity contribution in [3.8, 4) is 0 Å². The molecule has 102 valence electrons. The molecule has 1 aromatic rings. The lowest BCUT2D eigenvalue weighted by Crippen LogP contribution is -2.15. The standard InChI is InChI=1S/C15H27N3/c1-4-11-16-12-9-7-8-10-15-13-14(5-2)17-18(15)6-3/h7-8,13,16H,4-6,9-12H2,1-3H3. The second kappa shape index (κ2) is 8.92. The summed E-state index contributed by atoms with van der Waals surface area (Å²) in [5.41, 5.74) is 2.52. The number of hydrogen-bond donors (Lipinski definition) is 1. The van der Waals surface area contributed by atoms with Gasteiger partial charge in [0.15, 0.2) is 0 Å². The summed E-state index contributed by atoms with van der Waals surface area (Å²) in [5, 5.41) is 7.96. The van der Waals surface area contributed by atoms with Gasteiger partial charge >= 0.3 is 0 Å². The number of nitrogens with zero attached hydrogens (tertiary/aromatic N) is 2. The molecule has 0 aliphatic carbocycles. The maximum absolute atomic E-state index is 4.56. The zero-order valence-electron chi connectivity index (χ0n) is 12.1. The average molecular weight is 249 g/mol. The van der Waals surface area contributed by atoms with Gasteiger partial charge in [0.2, 0.25) is 0 Å². The number of aromatic nitrogens is 2. The first-order chi connectivity index (χ1) is 8.81. The maximum atomic E-state index is 4.56. The van der Waals surface area contributed by atoms with Gasteiger partial charge in [0.25, 0.3) is 0 Å². The Kier molecular flexibility index (Phi) is 7.42. The molecule has 0 aliphatic rings. The first-order valence-corrected chi connectivity index (χ1v) is 7.23. The number of hydrogen-bond acceptors (Lipinski definition) is 2. The Balaban J connectivity index is 2.33. The third-order valence-corrected chi connectivity index (χ3v) is 2.98. The molecule has 0 bridgehead atoms.